The number of anilines is 1. The predicted octanol–water partition coefficient (Wildman–Crippen LogP) is 0.921. The van der Waals surface area contributed by atoms with Crippen LogP contribution in [0.15, 0.2) is 17.2 Å². The zero-order valence-electron chi connectivity index (χ0n) is 10.9. The molecule has 1 heterocycles. The van der Waals surface area contributed by atoms with Gasteiger partial charge in [0.05, 0.1) is 0 Å². The molecule has 5 heteroatoms. The molecule has 0 bridgehead atoms. The van der Waals surface area contributed by atoms with Gasteiger partial charge in [-0.25, -0.2) is 4.98 Å². The topological polar surface area (TPSA) is 59.0 Å². The van der Waals surface area contributed by atoms with E-state index < -0.39 is 0 Å². The van der Waals surface area contributed by atoms with Crippen molar-refractivity contribution in [1.82, 2.24) is 14.9 Å². The maximum atomic E-state index is 12.0. The number of nitrogens with one attached hydrogen (secondary N) is 2. The van der Waals surface area contributed by atoms with Crippen LogP contribution >= 0.6 is 0 Å². The summed E-state index contributed by atoms with van der Waals surface area (Å²) in [7, 11) is 0. The maximum Gasteiger partial charge on any atom is 0.293 e. The van der Waals surface area contributed by atoms with Gasteiger partial charge in [-0.3, -0.25) is 4.79 Å². The zero-order chi connectivity index (χ0) is 12.7. The summed E-state index contributed by atoms with van der Waals surface area (Å²) in [5.41, 5.74) is -0.0438. The first-order chi connectivity index (χ1) is 8.15. The van der Waals surface area contributed by atoms with E-state index >= 15 is 0 Å². The lowest BCUT2D eigenvalue weighted by atomic mass is 10.2. The van der Waals surface area contributed by atoms with Crippen molar-refractivity contribution in [2.75, 3.05) is 25.0 Å². The Morgan fingerprint density at radius 2 is 2.18 bits per heavy atom. The monoisotopic (exact) mass is 238 g/mol. The molecule has 0 aliphatic rings. The molecule has 5 nitrogen and oxygen atoms in total. The van der Waals surface area contributed by atoms with E-state index in [9.17, 15) is 4.79 Å². The largest absolute Gasteiger partial charge is 0.364 e. The summed E-state index contributed by atoms with van der Waals surface area (Å²) in [4.78, 5) is 16.1. The van der Waals surface area contributed by atoms with Crippen LogP contribution in [0.2, 0.25) is 0 Å². The molecular weight excluding hydrogens is 216 g/mol. The lowest BCUT2D eigenvalue weighted by Gasteiger charge is -2.10. The first-order valence-electron chi connectivity index (χ1n) is 6.15. The molecule has 0 aromatic carbocycles. The third-order valence-electron chi connectivity index (χ3n) is 2.32. The fourth-order valence-electron chi connectivity index (χ4n) is 1.55. The number of likely N-dealkylation sites (N-methyl/N-ethyl adjacent to an activating group) is 1. The summed E-state index contributed by atoms with van der Waals surface area (Å²) >= 11 is 0. The van der Waals surface area contributed by atoms with Crippen molar-refractivity contribution >= 4 is 5.82 Å². The Morgan fingerprint density at radius 1 is 1.41 bits per heavy atom. The third kappa shape index (κ3) is 4.56. The lowest BCUT2D eigenvalue weighted by molar-refractivity contribution is 0.509. The third-order valence-corrected chi connectivity index (χ3v) is 2.32. The van der Waals surface area contributed by atoms with E-state index in [0.717, 1.165) is 19.6 Å². The van der Waals surface area contributed by atoms with Gasteiger partial charge in [0.15, 0.2) is 5.82 Å². The highest BCUT2D eigenvalue weighted by Crippen LogP contribution is 1.98. The summed E-state index contributed by atoms with van der Waals surface area (Å²) in [6.07, 6.45) is 3.40. The molecule has 0 unspecified atom stereocenters. The molecule has 96 valence electrons. The first-order valence-corrected chi connectivity index (χ1v) is 6.15. The number of rotatable bonds is 7. The molecule has 0 atom stereocenters. The Balaban J connectivity index is 2.63. The molecule has 1 aromatic rings. The van der Waals surface area contributed by atoms with Crippen molar-refractivity contribution < 1.29 is 0 Å². The van der Waals surface area contributed by atoms with Gasteiger partial charge in [0.1, 0.15) is 0 Å². The van der Waals surface area contributed by atoms with Crippen LogP contribution in [0.3, 0.4) is 0 Å². The van der Waals surface area contributed by atoms with E-state index in [-0.39, 0.29) is 5.56 Å². The lowest BCUT2D eigenvalue weighted by Crippen LogP contribution is -2.29. The van der Waals surface area contributed by atoms with Crippen molar-refractivity contribution in [3.8, 4) is 0 Å². The summed E-state index contributed by atoms with van der Waals surface area (Å²) in [6, 6.07) is 0. The van der Waals surface area contributed by atoms with Gasteiger partial charge in [-0.15, -0.1) is 0 Å². The fourth-order valence-corrected chi connectivity index (χ4v) is 1.55. The molecular formula is C12H22N4O. The van der Waals surface area contributed by atoms with Crippen LogP contribution in [0.4, 0.5) is 5.82 Å². The molecule has 1 rings (SSSR count). The van der Waals surface area contributed by atoms with Crippen LogP contribution in [0.1, 0.15) is 20.8 Å². The Kier molecular flexibility index (Phi) is 5.69. The Hall–Kier alpha value is -1.36. The Morgan fingerprint density at radius 3 is 2.82 bits per heavy atom. The van der Waals surface area contributed by atoms with Gasteiger partial charge >= 0.3 is 0 Å². The summed E-state index contributed by atoms with van der Waals surface area (Å²) in [5, 5.41) is 6.24. The van der Waals surface area contributed by atoms with E-state index in [1.165, 1.54) is 0 Å². The van der Waals surface area contributed by atoms with Crippen LogP contribution in [0, 0.1) is 5.92 Å². The van der Waals surface area contributed by atoms with Crippen LogP contribution in [-0.4, -0.2) is 29.2 Å². The molecule has 0 aliphatic carbocycles. The second-order valence-corrected chi connectivity index (χ2v) is 4.41. The highest BCUT2D eigenvalue weighted by Gasteiger charge is 2.04. The predicted molar refractivity (Wildman–Crippen MR) is 70.4 cm³/mol. The SMILES string of the molecule is CCNCCNc1nccn(CC(C)C)c1=O. The van der Waals surface area contributed by atoms with Crippen LogP contribution < -0.4 is 16.2 Å². The minimum atomic E-state index is -0.0438. The Bertz CT molecular complexity index is 386. The second-order valence-electron chi connectivity index (χ2n) is 4.41. The molecule has 17 heavy (non-hydrogen) atoms. The van der Waals surface area contributed by atoms with Gasteiger partial charge in [-0.1, -0.05) is 20.8 Å². The van der Waals surface area contributed by atoms with Gasteiger partial charge in [0.2, 0.25) is 0 Å². The Labute approximate surface area is 102 Å². The minimum absolute atomic E-state index is 0.0438. The number of aromatic nitrogens is 2. The highest BCUT2D eigenvalue weighted by molar-refractivity contribution is 5.30. The quantitative estimate of drug-likeness (QED) is 0.694. The maximum absolute atomic E-state index is 12.0. The number of hydrogen-bond acceptors (Lipinski definition) is 4. The number of hydrogen-bond donors (Lipinski definition) is 2. The van der Waals surface area contributed by atoms with Gasteiger partial charge < -0.3 is 15.2 Å². The van der Waals surface area contributed by atoms with Gasteiger partial charge in [-0.05, 0) is 12.5 Å². The molecule has 0 saturated carbocycles. The van der Waals surface area contributed by atoms with Crippen molar-refractivity contribution in [2.45, 2.75) is 27.3 Å². The van der Waals surface area contributed by atoms with Gasteiger partial charge in [0.25, 0.3) is 5.56 Å². The molecule has 0 aliphatic heterocycles. The molecule has 1 aromatic heterocycles. The van der Waals surface area contributed by atoms with Crippen molar-refractivity contribution in [3.05, 3.63) is 22.7 Å². The standard InChI is InChI=1S/C12H22N4O/c1-4-13-5-6-14-11-12(17)16(8-7-15-11)9-10(2)3/h7-8,10,13H,4-6,9H2,1-3H3,(H,14,15). The van der Waals surface area contributed by atoms with Crippen LogP contribution in [-0.2, 0) is 6.54 Å². The first kappa shape index (κ1) is 13.7. The van der Waals surface area contributed by atoms with Crippen LogP contribution in [0.5, 0.6) is 0 Å². The molecule has 0 amide bonds. The van der Waals surface area contributed by atoms with E-state index in [1.54, 1.807) is 17.0 Å². The zero-order valence-corrected chi connectivity index (χ0v) is 10.9. The molecule has 0 radical (unpaired) electrons. The van der Waals surface area contributed by atoms with E-state index in [0.29, 0.717) is 18.3 Å². The highest BCUT2D eigenvalue weighted by atomic mass is 16.1. The van der Waals surface area contributed by atoms with Gasteiger partial charge in [0, 0.05) is 32.0 Å². The second kappa shape index (κ2) is 7.06. The van der Waals surface area contributed by atoms with Crippen LogP contribution in [0.25, 0.3) is 0 Å². The van der Waals surface area contributed by atoms with E-state index in [1.807, 2.05) is 0 Å². The number of nitrogens with zero attached hydrogens (tertiary/aromatic N) is 2. The van der Waals surface area contributed by atoms with Crippen molar-refractivity contribution in [3.63, 3.8) is 0 Å². The summed E-state index contributed by atoms with van der Waals surface area (Å²) in [6.45, 7) is 9.43. The minimum Gasteiger partial charge on any atom is -0.364 e. The average Bonchev–Trinajstić information content (AvgIpc) is 2.28. The van der Waals surface area contributed by atoms with Crippen molar-refractivity contribution in [1.29, 1.82) is 0 Å². The van der Waals surface area contributed by atoms with E-state index in [2.05, 4.69) is 36.4 Å². The van der Waals surface area contributed by atoms with Crippen molar-refractivity contribution in [2.24, 2.45) is 5.92 Å². The molecule has 0 saturated heterocycles. The van der Waals surface area contributed by atoms with E-state index in [4.69, 9.17) is 0 Å². The smallest absolute Gasteiger partial charge is 0.293 e. The van der Waals surface area contributed by atoms with Gasteiger partial charge in [-0.2, -0.15) is 0 Å². The normalized spacial score (nSPS) is 10.8. The average molecular weight is 238 g/mol. The molecule has 2 N–H and O–H groups in total. The summed E-state index contributed by atoms with van der Waals surface area (Å²) < 4.78 is 1.70. The molecule has 0 fully saturated rings. The molecule has 0 spiro atoms. The fraction of sp³-hybridized carbons (Fsp3) is 0.667. The summed E-state index contributed by atoms with van der Waals surface area (Å²) in [5.74, 6) is 0.885.